The molecule has 1 aliphatic rings. The number of hydrogen-bond donors (Lipinski definition) is 1. The molecule has 0 aliphatic carbocycles. The maximum atomic E-state index is 12.1. The van der Waals surface area contributed by atoms with Crippen molar-refractivity contribution < 1.29 is 14.3 Å². The van der Waals surface area contributed by atoms with Crippen molar-refractivity contribution in [1.82, 2.24) is 5.32 Å². The number of anilines is 1. The molecule has 0 saturated carbocycles. The smallest absolute Gasteiger partial charge is 0.231 e. The van der Waals surface area contributed by atoms with Gasteiger partial charge in [-0.25, -0.2) is 0 Å². The Hall–Kier alpha value is -2.82. The molecule has 0 fully saturated rings. The summed E-state index contributed by atoms with van der Waals surface area (Å²) in [5, 5.41) is 2.87. The first-order valence-corrected chi connectivity index (χ1v) is 7.95. The zero-order valence-electron chi connectivity index (χ0n) is 13.6. The van der Waals surface area contributed by atoms with E-state index in [1.165, 1.54) is 0 Å². The lowest BCUT2D eigenvalue weighted by molar-refractivity contribution is -0.121. The molecule has 0 radical (unpaired) electrons. The van der Waals surface area contributed by atoms with E-state index in [0.717, 1.165) is 22.6 Å². The molecule has 5 heteroatoms. The largest absolute Gasteiger partial charge is 0.497 e. The van der Waals surface area contributed by atoms with Gasteiger partial charge >= 0.3 is 0 Å². The predicted octanol–water partition coefficient (Wildman–Crippen LogP) is 1.94. The molecule has 0 unspecified atom stereocenters. The number of nitrogens with zero attached hydrogens (tertiary/aromatic N) is 1. The number of nitrogens with one attached hydrogen (secondary N) is 1. The minimum Gasteiger partial charge on any atom is -0.497 e. The van der Waals surface area contributed by atoms with Crippen molar-refractivity contribution in [2.45, 2.75) is 12.8 Å². The lowest BCUT2D eigenvalue weighted by Crippen LogP contribution is -2.37. The molecule has 0 atom stereocenters. The zero-order chi connectivity index (χ0) is 16.9. The molecule has 5 nitrogen and oxygen atoms in total. The number of carbonyl (C=O) groups excluding carboxylic acids is 2. The van der Waals surface area contributed by atoms with Gasteiger partial charge in [0.05, 0.1) is 20.0 Å². The van der Waals surface area contributed by atoms with Crippen LogP contribution in [0.5, 0.6) is 5.75 Å². The van der Waals surface area contributed by atoms with Crippen LogP contribution in [0.15, 0.2) is 48.5 Å². The van der Waals surface area contributed by atoms with Crippen molar-refractivity contribution >= 4 is 17.5 Å². The first kappa shape index (κ1) is 16.1. The molecular formula is C19H20N2O3. The highest BCUT2D eigenvalue weighted by Crippen LogP contribution is 2.27. The number of fused-ring (bicyclic) bond motifs is 1. The van der Waals surface area contributed by atoms with Gasteiger partial charge in [-0.1, -0.05) is 30.3 Å². The summed E-state index contributed by atoms with van der Waals surface area (Å²) in [4.78, 5) is 25.8. The normalized spacial score (nSPS) is 12.9. The van der Waals surface area contributed by atoms with Gasteiger partial charge in [0.25, 0.3) is 0 Å². The third-order valence-electron chi connectivity index (χ3n) is 4.11. The summed E-state index contributed by atoms with van der Waals surface area (Å²) < 4.78 is 5.10. The van der Waals surface area contributed by atoms with E-state index in [1.54, 1.807) is 12.0 Å². The standard InChI is InChI=1S/C19H20N2O3/c1-24-16-8-6-14(7-9-16)12-18(22)20-10-11-21-17-5-3-2-4-15(17)13-19(21)23/h2-9H,10-13H2,1H3,(H,20,22). The zero-order valence-corrected chi connectivity index (χ0v) is 13.6. The molecule has 1 aliphatic heterocycles. The van der Waals surface area contributed by atoms with E-state index in [1.807, 2.05) is 48.5 Å². The molecule has 0 spiro atoms. The van der Waals surface area contributed by atoms with Crippen LogP contribution in [0.1, 0.15) is 11.1 Å². The van der Waals surface area contributed by atoms with Gasteiger partial charge in [-0.05, 0) is 29.3 Å². The van der Waals surface area contributed by atoms with Crippen LogP contribution in [-0.2, 0) is 22.4 Å². The van der Waals surface area contributed by atoms with Gasteiger partial charge in [-0.3, -0.25) is 9.59 Å². The van der Waals surface area contributed by atoms with Crippen molar-refractivity contribution in [2.75, 3.05) is 25.1 Å². The SMILES string of the molecule is COc1ccc(CC(=O)NCCN2C(=O)Cc3ccccc32)cc1. The van der Waals surface area contributed by atoms with Crippen molar-refractivity contribution in [3.05, 3.63) is 59.7 Å². The summed E-state index contributed by atoms with van der Waals surface area (Å²) >= 11 is 0. The van der Waals surface area contributed by atoms with E-state index in [9.17, 15) is 9.59 Å². The lowest BCUT2D eigenvalue weighted by Gasteiger charge is -2.17. The average molecular weight is 324 g/mol. The number of hydrogen-bond acceptors (Lipinski definition) is 3. The van der Waals surface area contributed by atoms with Gasteiger partial charge in [0, 0.05) is 18.8 Å². The highest BCUT2D eigenvalue weighted by Gasteiger charge is 2.26. The van der Waals surface area contributed by atoms with E-state index in [0.29, 0.717) is 25.9 Å². The van der Waals surface area contributed by atoms with E-state index < -0.39 is 0 Å². The van der Waals surface area contributed by atoms with Crippen molar-refractivity contribution in [3.63, 3.8) is 0 Å². The molecule has 0 bridgehead atoms. The Kier molecular flexibility index (Phi) is 4.79. The number of carbonyl (C=O) groups is 2. The summed E-state index contributed by atoms with van der Waals surface area (Å²) in [6.07, 6.45) is 0.754. The first-order valence-electron chi connectivity index (χ1n) is 7.95. The van der Waals surface area contributed by atoms with Crippen LogP contribution in [0.3, 0.4) is 0 Å². The topological polar surface area (TPSA) is 58.6 Å². The molecule has 0 saturated heterocycles. The summed E-state index contributed by atoms with van der Waals surface area (Å²) in [5.41, 5.74) is 2.93. The van der Waals surface area contributed by atoms with Crippen molar-refractivity contribution in [3.8, 4) is 5.75 Å². The number of para-hydroxylation sites is 1. The van der Waals surface area contributed by atoms with Gasteiger partial charge in [0.1, 0.15) is 5.75 Å². The summed E-state index contributed by atoms with van der Waals surface area (Å²) in [7, 11) is 1.61. The molecule has 2 aromatic carbocycles. The molecule has 2 aromatic rings. The molecule has 1 N–H and O–H groups in total. The second-order valence-electron chi connectivity index (χ2n) is 5.73. The van der Waals surface area contributed by atoms with Gasteiger partial charge in [0.2, 0.25) is 11.8 Å². The summed E-state index contributed by atoms with van der Waals surface area (Å²) in [6, 6.07) is 15.2. The maximum absolute atomic E-state index is 12.1. The Balaban J connectivity index is 1.49. The fraction of sp³-hybridized carbons (Fsp3) is 0.263. The minimum absolute atomic E-state index is 0.0555. The van der Waals surface area contributed by atoms with Crippen LogP contribution < -0.4 is 15.0 Å². The van der Waals surface area contributed by atoms with Crippen LogP contribution in [0, 0.1) is 0 Å². The molecule has 24 heavy (non-hydrogen) atoms. The number of ether oxygens (including phenoxy) is 1. The van der Waals surface area contributed by atoms with Crippen LogP contribution in [0.2, 0.25) is 0 Å². The minimum atomic E-state index is -0.0555. The molecule has 2 amide bonds. The van der Waals surface area contributed by atoms with Gasteiger partial charge in [-0.15, -0.1) is 0 Å². The number of amides is 2. The predicted molar refractivity (Wildman–Crippen MR) is 92.2 cm³/mol. The van der Waals surface area contributed by atoms with E-state index in [2.05, 4.69) is 5.32 Å². The fourth-order valence-corrected chi connectivity index (χ4v) is 2.86. The quantitative estimate of drug-likeness (QED) is 0.883. The Morgan fingerprint density at radius 2 is 1.92 bits per heavy atom. The highest BCUT2D eigenvalue weighted by molar-refractivity contribution is 6.01. The monoisotopic (exact) mass is 324 g/mol. The Morgan fingerprint density at radius 3 is 2.67 bits per heavy atom. The second kappa shape index (κ2) is 7.17. The van der Waals surface area contributed by atoms with Crippen LogP contribution in [0.25, 0.3) is 0 Å². The van der Waals surface area contributed by atoms with Crippen molar-refractivity contribution in [2.24, 2.45) is 0 Å². The molecular weight excluding hydrogens is 304 g/mol. The summed E-state index contributed by atoms with van der Waals surface area (Å²) in [6.45, 7) is 0.930. The second-order valence-corrected chi connectivity index (χ2v) is 5.73. The average Bonchev–Trinajstić information content (AvgIpc) is 2.91. The lowest BCUT2D eigenvalue weighted by atomic mass is 10.1. The van der Waals surface area contributed by atoms with E-state index in [-0.39, 0.29) is 11.8 Å². The molecule has 124 valence electrons. The molecule has 3 rings (SSSR count). The van der Waals surface area contributed by atoms with Crippen molar-refractivity contribution in [1.29, 1.82) is 0 Å². The Labute approximate surface area is 141 Å². The van der Waals surface area contributed by atoms with Crippen LogP contribution in [0.4, 0.5) is 5.69 Å². The first-order chi connectivity index (χ1) is 11.7. The van der Waals surface area contributed by atoms with Crippen LogP contribution in [-0.4, -0.2) is 32.0 Å². The van der Waals surface area contributed by atoms with E-state index in [4.69, 9.17) is 4.74 Å². The fourth-order valence-electron chi connectivity index (χ4n) is 2.86. The molecule has 1 heterocycles. The third-order valence-corrected chi connectivity index (χ3v) is 4.11. The number of benzene rings is 2. The number of rotatable bonds is 6. The van der Waals surface area contributed by atoms with Gasteiger partial charge in [0.15, 0.2) is 0 Å². The maximum Gasteiger partial charge on any atom is 0.231 e. The van der Waals surface area contributed by atoms with E-state index >= 15 is 0 Å². The Bertz CT molecular complexity index is 741. The third kappa shape index (κ3) is 3.56. The summed E-state index contributed by atoms with van der Waals surface area (Å²) in [5.74, 6) is 0.797. The highest BCUT2D eigenvalue weighted by atomic mass is 16.5. The van der Waals surface area contributed by atoms with Gasteiger partial charge in [-0.2, -0.15) is 0 Å². The van der Waals surface area contributed by atoms with Gasteiger partial charge < -0.3 is 15.0 Å². The number of methoxy groups -OCH3 is 1. The van der Waals surface area contributed by atoms with Crippen LogP contribution >= 0.6 is 0 Å². The Morgan fingerprint density at radius 1 is 1.17 bits per heavy atom. The molecule has 0 aromatic heterocycles.